The molecule has 1 fully saturated rings. The normalized spacial score (nSPS) is 24.7. The zero-order valence-corrected chi connectivity index (χ0v) is 11.2. The lowest BCUT2D eigenvalue weighted by Gasteiger charge is -2.14. The van der Waals surface area contributed by atoms with E-state index in [1.54, 1.807) is 0 Å². The van der Waals surface area contributed by atoms with Gasteiger partial charge in [0, 0.05) is 11.3 Å². The Hall–Kier alpha value is -0.190. The van der Waals surface area contributed by atoms with Crippen molar-refractivity contribution >= 4 is 40.8 Å². The fourth-order valence-electron chi connectivity index (χ4n) is 1.93. The van der Waals surface area contributed by atoms with E-state index in [4.69, 9.17) is 23.2 Å². The van der Waals surface area contributed by atoms with Gasteiger partial charge in [-0.15, -0.1) is 0 Å². The summed E-state index contributed by atoms with van der Waals surface area (Å²) in [5, 5.41) is 4.83. The van der Waals surface area contributed by atoms with E-state index in [9.17, 15) is 0 Å². The predicted molar refractivity (Wildman–Crippen MR) is 70.6 cm³/mol. The number of thioether (sulfide) groups is 1. The lowest BCUT2D eigenvalue weighted by atomic mass is 10.2. The Morgan fingerprint density at radius 1 is 1.44 bits per heavy atom. The molecule has 1 heterocycles. The third-order valence-corrected chi connectivity index (χ3v) is 4.33. The van der Waals surface area contributed by atoms with E-state index < -0.39 is 0 Å². The van der Waals surface area contributed by atoms with Crippen molar-refractivity contribution in [1.29, 1.82) is 0 Å². The van der Waals surface area contributed by atoms with Crippen molar-refractivity contribution in [3.63, 3.8) is 0 Å². The molecule has 0 aromatic carbocycles. The summed E-state index contributed by atoms with van der Waals surface area (Å²) in [6.07, 6.45) is 7.24. The minimum atomic E-state index is 0.228. The van der Waals surface area contributed by atoms with E-state index in [1.165, 1.54) is 12.6 Å². The van der Waals surface area contributed by atoms with Crippen LogP contribution in [0.3, 0.4) is 0 Å². The minimum absolute atomic E-state index is 0.228. The first-order valence-corrected chi connectivity index (χ1v) is 7.21. The molecule has 1 aliphatic carbocycles. The molecule has 1 saturated carbocycles. The smallest absolute Gasteiger partial charge is 0.224 e. The van der Waals surface area contributed by atoms with E-state index in [0.29, 0.717) is 16.9 Å². The molecular formula is C10H13Cl2N3S. The highest BCUT2D eigenvalue weighted by atomic mass is 35.5. The Bertz CT molecular complexity index is 375. The monoisotopic (exact) mass is 277 g/mol. The van der Waals surface area contributed by atoms with Gasteiger partial charge in [-0.3, -0.25) is 0 Å². The fraction of sp³-hybridized carbons (Fsp3) is 0.600. The second kappa shape index (κ2) is 5.43. The number of hydrogen-bond acceptors (Lipinski definition) is 4. The molecule has 0 bridgehead atoms. The highest BCUT2D eigenvalue weighted by Gasteiger charge is 2.24. The Kier molecular flexibility index (Phi) is 4.16. The van der Waals surface area contributed by atoms with Gasteiger partial charge in [0.2, 0.25) is 5.28 Å². The Labute approximate surface area is 109 Å². The first-order chi connectivity index (χ1) is 7.69. The van der Waals surface area contributed by atoms with Crippen LogP contribution in [0.1, 0.15) is 19.3 Å². The molecule has 0 saturated heterocycles. The van der Waals surface area contributed by atoms with Gasteiger partial charge in [0.25, 0.3) is 0 Å². The molecule has 0 spiro atoms. The van der Waals surface area contributed by atoms with Gasteiger partial charge in [-0.2, -0.15) is 16.7 Å². The van der Waals surface area contributed by atoms with Crippen molar-refractivity contribution in [3.05, 3.63) is 16.5 Å². The molecule has 1 aromatic heterocycles. The number of halogens is 2. The Morgan fingerprint density at radius 2 is 2.25 bits per heavy atom. The van der Waals surface area contributed by atoms with Gasteiger partial charge in [0.05, 0.1) is 6.20 Å². The molecule has 0 amide bonds. The average Bonchev–Trinajstić information content (AvgIpc) is 2.71. The number of nitrogens with one attached hydrogen (secondary N) is 1. The van der Waals surface area contributed by atoms with Crippen LogP contribution in [-0.2, 0) is 0 Å². The van der Waals surface area contributed by atoms with Gasteiger partial charge in [0.15, 0.2) is 0 Å². The summed E-state index contributed by atoms with van der Waals surface area (Å²) in [5.74, 6) is 0.647. The summed E-state index contributed by atoms with van der Waals surface area (Å²) < 4.78 is 0. The van der Waals surface area contributed by atoms with E-state index in [-0.39, 0.29) is 5.28 Å². The second-order valence-electron chi connectivity index (χ2n) is 3.85. The van der Waals surface area contributed by atoms with Gasteiger partial charge in [-0.1, -0.05) is 11.6 Å². The van der Waals surface area contributed by atoms with Gasteiger partial charge < -0.3 is 5.32 Å². The van der Waals surface area contributed by atoms with E-state index in [0.717, 1.165) is 18.1 Å². The topological polar surface area (TPSA) is 37.8 Å². The molecule has 0 aliphatic heterocycles. The molecule has 2 atom stereocenters. The summed E-state index contributed by atoms with van der Waals surface area (Å²) in [7, 11) is 0. The maximum absolute atomic E-state index is 5.99. The number of hydrogen-bond donors (Lipinski definition) is 1. The molecule has 2 rings (SSSR count). The predicted octanol–water partition coefficient (Wildman–Crippen LogP) is 3.48. The van der Waals surface area contributed by atoms with Crippen molar-refractivity contribution in [2.24, 2.45) is 0 Å². The minimum Gasteiger partial charge on any atom is -0.366 e. The molecular weight excluding hydrogens is 265 g/mol. The summed E-state index contributed by atoms with van der Waals surface area (Å²) in [6.45, 7) is 0. The van der Waals surface area contributed by atoms with Gasteiger partial charge in [0.1, 0.15) is 10.8 Å². The summed E-state index contributed by atoms with van der Waals surface area (Å²) in [4.78, 5) is 7.91. The summed E-state index contributed by atoms with van der Waals surface area (Å²) in [6, 6.07) is 0.445. The van der Waals surface area contributed by atoms with Crippen LogP contribution < -0.4 is 5.32 Å². The Balaban J connectivity index is 2.01. The zero-order valence-electron chi connectivity index (χ0n) is 8.91. The average molecular weight is 278 g/mol. The first-order valence-electron chi connectivity index (χ1n) is 5.16. The van der Waals surface area contributed by atoms with Crippen LogP contribution in [0.25, 0.3) is 0 Å². The van der Waals surface area contributed by atoms with Crippen molar-refractivity contribution in [2.45, 2.75) is 30.6 Å². The molecule has 1 aliphatic rings. The fourth-order valence-corrected chi connectivity index (χ4v) is 3.00. The molecule has 3 nitrogen and oxygen atoms in total. The van der Waals surface area contributed by atoms with Crippen LogP contribution in [0.4, 0.5) is 5.82 Å². The quantitative estimate of drug-likeness (QED) is 0.859. The van der Waals surface area contributed by atoms with Gasteiger partial charge in [-0.25, -0.2) is 4.98 Å². The van der Waals surface area contributed by atoms with Crippen LogP contribution >= 0.6 is 35.0 Å². The number of anilines is 1. The Morgan fingerprint density at radius 3 is 2.94 bits per heavy atom. The zero-order chi connectivity index (χ0) is 11.5. The van der Waals surface area contributed by atoms with Gasteiger partial charge >= 0.3 is 0 Å². The third kappa shape index (κ3) is 2.93. The number of aromatic nitrogens is 2. The lowest BCUT2D eigenvalue weighted by Crippen LogP contribution is -2.17. The van der Waals surface area contributed by atoms with Crippen LogP contribution in [0.5, 0.6) is 0 Å². The van der Waals surface area contributed by atoms with Crippen molar-refractivity contribution in [2.75, 3.05) is 11.6 Å². The van der Waals surface area contributed by atoms with E-state index in [2.05, 4.69) is 21.5 Å². The summed E-state index contributed by atoms with van der Waals surface area (Å²) in [5.41, 5.74) is 0. The second-order valence-corrected chi connectivity index (χ2v) is 5.73. The maximum Gasteiger partial charge on any atom is 0.224 e. The number of nitrogens with zero attached hydrogens (tertiary/aromatic N) is 2. The van der Waals surface area contributed by atoms with Crippen LogP contribution in [0, 0.1) is 0 Å². The largest absolute Gasteiger partial charge is 0.366 e. The van der Waals surface area contributed by atoms with Crippen LogP contribution in [-0.4, -0.2) is 27.5 Å². The maximum atomic E-state index is 5.99. The molecule has 1 N–H and O–H groups in total. The molecule has 6 heteroatoms. The van der Waals surface area contributed by atoms with Crippen molar-refractivity contribution < 1.29 is 0 Å². The first kappa shape index (κ1) is 12.3. The molecule has 2 unspecified atom stereocenters. The van der Waals surface area contributed by atoms with Crippen LogP contribution in [0.2, 0.25) is 10.3 Å². The SMILES string of the molecule is CSC1CCC(Nc2nc(Cl)ncc2Cl)C1. The third-order valence-electron chi connectivity index (χ3n) is 2.77. The van der Waals surface area contributed by atoms with Crippen LogP contribution in [0.15, 0.2) is 6.20 Å². The molecule has 88 valence electrons. The molecule has 0 radical (unpaired) electrons. The number of rotatable bonds is 3. The molecule has 1 aromatic rings. The highest BCUT2D eigenvalue weighted by Crippen LogP contribution is 2.31. The van der Waals surface area contributed by atoms with Crippen molar-refractivity contribution in [1.82, 2.24) is 9.97 Å². The standard InChI is InChI=1S/C10H13Cl2N3S/c1-16-7-3-2-6(4-7)14-9-8(11)5-13-10(12)15-9/h5-7H,2-4H2,1H3,(H,13,14,15). The highest BCUT2D eigenvalue weighted by molar-refractivity contribution is 7.99. The summed E-state index contributed by atoms with van der Waals surface area (Å²) >= 11 is 13.6. The van der Waals surface area contributed by atoms with Crippen molar-refractivity contribution in [3.8, 4) is 0 Å². The van der Waals surface area contributed by atoms with Gasteiger partial charge in [-0.05, 0) is 37.1 Å². The lowest BCUT2D eigenvalue weighted by molar-refractivity contribution is 0.751. The molecule has 16 heavy (non-hydrogen) atoms. The van der Waals surface area contributed by atoms with E-state index >= 15 is 0 Å². The van der Waals surface area contributed by atoms with E-state index in [1.807, 2.05) is 11.8 Å².